The van der Waals surface area contributed by atoms with Gasteiger partial charge in [-0.05, 0) is 12.1 Å². The molecule has 1 saturated heterocycles. The van der Waals surface area contributed by atoms with Gasteiger partial charge in [-0.1, -0.05) is 6.07 Å². The van der Waals surface area contributed by atoms with Gasteiger partial charge in [0.05, 0.1) is 0 Å². The molecule has 0 spiro atoms. The highest BCUT2D eigenvalue weighted by Gasteiger charge is 2.10. The molecular weight excluding hydrogens is 164 g/mol. The molecule has 0 atom stereocenters. The largest absolute Gasteiger partial charge is 0.369 e. The Bertz CT molecular complexity index is 282. The summed E-state index contributed by atoms with van der Waals surface area (Å²) in [6.07, 6.45) is 0. The fourth-order valence-corrected chi connectivity index (χ4v) is 1.60. The standard InChI is InChI=1S/C10H13N2O/c13-10-3-1-2-9(8-10)12-6-4-11-5-7-12/h1-3,8,11H,4-7H2. The zero-order chi connectivity index (χ0) is 9.10. The van der Waals surface area contributed by atoms with Crippen molar-refractivity contribution < 1.29 is 5.11 Å². The van der Waals surface area contributed by atoms with Gasteiger partial charge in [-0.25, -0.2) is 0 Å². The highest BCUT2D eigenvalue weighted by Crippen LogP contribution is 2.20. The molecule has 0 unspecified atom stereocenters. The van der Waals surface area contributed by atoms with Crippen molar-refractivity contribution in [1.29, 1.82) is 0 Å². The predicted octanol–water partition coefficient (Wildman–Crippen LogP) is 1.24. The summed E-state index contributed by atoms with van der Waals surface area (Å²) in [6.45, 7) is 3.99. The Morgan fingerprint density at radius 2 is 2.00 bits per heavy atom. The van der Waals surface area contributed by atoms with E-state index in [1.54, 1.807) is 12.1 Å². The first-order valence-electron chi connectivity index (χ1n) is 4.59. The fraction of sp³-hybridized carbons (Fsp3) is 0.400. The van der Waals surface area contributed by atoms with Gasteiger partial charge >= 0.3 is 0 Å². The van der Waals surface area contributed by atoms with Crippen LogP contribution in [0, 0.1) is 0 Å². The molecule has 13 heavy (non-hydrogen) atoms. The van der Waals surface area contributed by atoms with Gasteiger partial charge in [0.2, 0.25) is 0 Å². The fourth-order valence-electron chi connectivity index (χ4n) is 1.60. The Kier molecular flexibility index (Phi) is 2.36. The van der Waals surface area contributed by atoms with E-state index in [-0.39, 0.29) is 5.75 Å². The van der Waals surface area contributed by atoms with E-state index in [1.807, 2.05) is 12.1 Å². The Morgan fingerprint density at radius 1 is 1.23 bits per heavy atom. The second-order valence-electron chi connectivity index (χ2n) is 3.23. The summed E-state index contributed by atoms with van der Waals surface area (Å²) >= 11 is 0. The van der Waals surface area contributed by atoms with E-state index in [1.165, 1.54) is 0 Å². The third kappa shape index (κ3) is 1.92. The van der Waals surface area contributed by atoms with E-state index in [9.17, 15) is 5.11 Å². The Morgan fingerprint density at radius 3 is 2.69 bits per heavy atom. The van der Waals surface area contributed by atoms with Crippen molar-refractivity contribution in [3.8, 4) is 5.75 Å². The molecule has 1 aromatic carbocycles. The SMILES string of the molecule is [O]c1cccc(N2CCNCC2)c1. The zero-order valence-electron chi connectivity index (χ0n) is 7.49. The minimum atomic E-state index is 0.0935. The van der Waals surface area contributed by atoms with E-state index in [0.29, 0.717) is 0 Å². The van der Waals surface area contributed by atoms with Crippen LogP contribution in [0.5, 0.6) is 5.75 Å². The molecule has 1 radical (unpaired) electrons. The average Bonchev–Trinajstić information content (AvgIpc) is 2.19. The third-order valence-corrected chi connectivity index (χ3v) is 2.30. The molecule has 1 aliphatic heterocycles. The van der Waals surface area contributed by atoms with E-state index in [2.05, 4.69) is 10.2 Å². The van der Waals surface area contributed by atoms with Crippen LogP contribution >= 0.6 is 0 Å². The molecule has 3 heteroatoms. The number of hydrogen-bond acceptors (Lipinski definition) is 2. The van der Waals surface area contributed by atoms with Crippen molar-refractivity contribution in [1.82, 2.24) is 5.32 Å². The first kappa shape index (κ1) is 8.38. The van der Waals surface area contributed by atoms with Crippen LogP contribution in [0.2, 0.25) is 0 Å². The number of nitrogens with one attached hydrogen (secondary N) is 1. The van der Waals surface area contributed by atoms with E-state index in [4.69, 9.17) is 0 Å². The number of piperazine rings is 1. The molecule has 0 aromatic heterocycles. The Labute approximate surface area is 78.0 Å². The van der Waals surface area contributed by atoms with Crippen LogP contribution in [-0.2, 0) is 5.11 Å². The molecule has 2 rings (SSSR count). The lowest BCUT2D eigenvalue weighted by molar-refractivity contribution is 0.355. The van der Waals surface area contributed by atoms with Gasteiger partial charge < -0.3 is 10.2 Å². The molecule has 0 aliphatic carbocycles. The van der Waals surface area contributed by atoms with Gasteiger partial charge in [0.15, 0.2) is 5.75 Å². The third-order valence-electron chi connectivity index (χ3n) is 2.30. The summed E-state index contributed by atoms with van der Waals surface area (Å²) in [5.41, 5.74) is 1.05. The van der Waals surface area contributed by atoms with E-state index < -0.39 is 0 Å². The van der Waals surface area contributed by atoms with Gasteiger partial charge in [0, 0.05) is 37.9 Å². The lowest BCUT2D eigenvalue weighted by atomic mass is 10.2. The summed E-state index contributed by atoms with van der Waals surface area (Å²) in [4.78, 5) is 2.23. The molecule has 1 heterocycles. The van der Waals surface area contributed by atoms with Crippen molar-refractivity contribution in [2.45, 2.75) is 0 Å². The van der Waals surface area contributed by atoms with Crippen LogP contribution in [0.4, 0.5) is 5.69 Å². The topological polar surface area (TPSA) is 35.2 Å². The Balaban J connectivity index is 2.14. The van der Waals surface area contributed by atoms with Crippen LogP contribution in [0.3, 0.4) is 0 Å². The highest BCUT2D eigenvalue weighted by atomic mass is 16.3. The Hall–Kier alpha value is -1.22. The van der Waals surface area contributed by atoms with Crippen LogP contribution in [-0.4, -0.2) is 26.2 Å². The first-order chi connectivity index (χ1) is 6.36. The second-order valence-corrected chi connectivity index (χ2v) is 3.23. The monoisotopic (exact) mass is 177 g/mol. The number of nitrogens with zero attached hydrogens (tertiary/aromatic N) is 1. The molecule has 1 fully saturated rings. The predicted molar refractivity (Wildman–Crippen MR) is 51.7 cm³/mol. The minimum Gasteiger partial charge on any atom is -0.369 e. The van der Waals surface area contributed by atoms with Crippen LogP contribution in [0.15, 0.2) is 24.3 Å². The maximum atomic E-state index is 11.1. The van der Waals surface area contributed by atoms with Gasteiger partial charge in [0.25, 0.3) is 0 Å². The molecule has 0 amide bonds. The number of anilines is 1. The van der Waals surface area contributed by atoms with Gasteiger partial charge in [0.1, 0.15) is 0 Å². The summed E-state index contributed by atoms with van der Waals surface area (Å²) < 4.78 is 0. The smallest absolute Gasteiger partial charge is 0.180 e. The van der Waals surface area contributed by atoms with Crippen LogP contribution < -0.4 is 10.2 Å². The van der Waals surface area contributed by atoms with Crippen LogP contribution in [0.25, 0.3) is 0 Å². The maximum Gasteiger partial charge on any atom is 0.180 e. The normalized spacial score (nSPS) is 17.4. The molecule has 69 valence electrons. The van der Waals surface area contributed by atoms with E-state index in [0.717, 1.165) is 31.9 Å². The van der Waals surface area contributed by atoms with Crippen LogP contribution in [0.1, 0.15) is 0 Å². The summed E-state index contributed by atoms with van der Waals surface area (Å²) in [5, 5.41) is 14.4. The van der Waals surface area contributed by atoms with Crippen molar-refractivity contribution in [3.63, 3.8) is 0 Å². The second kappa shape index (κ2) is 3.66. The van der Waals surface area contributed by atoms with Gasteiger partial charge in [-0.2, -0.15) is 0 Å². The molecule has 0 saturated carbocycles. The molecule has 1 N–H and O–H groups in total. The lowest BCUT2D eigenvalue weighted by Gasteiger charge is -2.29. The number of hydrogen-bond donors (Lipinski definition) is 1. The van der Waals surface area contributed by atoms with Crippen molar-refractivity contribution in [3.05, 3.63) is 24.3 Å². The average molecular weight is 177 g/mol. The maximum absolute atomic E-state index is 11.1. The van der Waals surface area contributed by atoms with Crippen molar-refractivity contribution >= 4 is 5.69 Å². The quantitative estimate of drug-likeness (QED) is 0.700. The molecule has 1 aromatic rings. The lowest BCUT2D eigenvalue weighted by Crippen LogP contribution is -2.43. The molecule has 1 aliphatic rings. The summed E-state index contributed by atoms with van der Waals surface area (Å²) in [6, 6.07) is 7.10. The van der Waals surface area contributed by atoms with E-state index >= 15 is 0 Å². The molecule has 0 bridgehead atoms. The number of rotatable bonds is 1. The molecule has 3 nitrogen and oxygen atoms in total. The van der Waals surface area contributed by atoms with Crippen molar-refractivity contribution in [2.75, 3.05) is 31.1 Å². The highest BCUT2D eigenvalue weighted by molar-refractivity contribution is 5.50. The minimum absolute atomic E-state index is 0.0935. The first-order valence-corrected chi connectivity index (χ1v) is 4.59. The summed E-state index contributed by atoms with van der Waals surface area (Å²) in [5.74, 6) is 0.0935. The number of benzene rings is 1. The zero-order valence-corrected chi connectivity index (χ0v) is 7.49. The van der Waals surface area contributed by atoms with Gasteiger partial charge in [-0.3, -0.25) is 5.11 Å². The molecular formula is C10H13N2O. The van der Waals surface area contributed by atoms with Crippen molar-refractivity contribution in [2.24, 2.45) is 0 Å². The summed E-state index contributed by atoms with van der Waals surface area (Å²) in [7, 11) is 0. The van der Waals surface area contributed by atoms with Gasteiger partial charge in [-0.15, -0.1) is 0 Å².